The molecule has 6 heteroatoms. The van der Waals surface area contributed by atoms with Crippen LogP contribution in [0.15, 0.2) is 0 Å². The highest BCUT2D eigenvalue weighted by Gasteiger charge is 2.25. The Labute approximate surface area is 156 Å². The molecule has 0 rings (SSSR count). The monoisotopic (exact) mass is 360 g/mol. The van der Waals surface area contributed by atoms with Crippen molar-refractivity contribution in [2.45, 2.75) is 58.4 Å². The lowest BCUT2D eigenvalue weighted by atomic mass is 10.2. The Morgan fingerprint density at radius 3 is 1.36 bits per heavy atom. The summed E-state index contributed by atoms with van der Waals surface area (Å²) in [6, 6.07) is 0. The van der Waals surface area contributed by atoms with Gasteiger partial charge in [0, 0.05) is 26.2 Å². The molecule has 0 bridgehead atoms. The van der Waals surface area contributed by atoms with Gasteiger partial charge in [-0.2, -0.15) is 0 Å². The summed E-state index contributed by atoms with van der Waals surface area (Å²) in [4.78, 5) is 9.24. The van der Waals surface area contributed by atoms with Gasteiger partial charge in [-0.3, -0.25) is 9.80 Å². The third kappa shape index (κ3) is 12.7. The molecule has 0 spiro atoms. The van der Waals surface area contributed by atoms with Crippen molar-refractivity contribution in [2.24, 2.45) is 0 Å². The number of hydrogen-bond acceptors (Lipinski definition) is 6. The lowest BCUT2D eigenvalue weighted by Gasteiger charge is -2.41. The Kier molecular flexibility index (Phi) is 13.8. The van der Waals surface area contributed by atoms with Gasteiger partial charge in [0.1, 0.15) is 0 Å². The molecule has 0 fully saturated rings. The second-order valence-electron chi connectivity index (χ2n) is 7.89. The average Bonchev–Trinajstić information content (AvgIpc) is 2.45. The van der Waals surface area contributed by atoms with Crippen molar-refractivity contribution in [1.82, 2.24) is 19.6 Å². The van der Waals surface area contributed by atoms with E-state index in [2.05, 4.69) is 54.7 Å². The molecule has 3 unspecified atom stereocenters. The van der Waals surface area contributed by atoms with Gasteiger partial charge in [-0.05, 0) is 74.4 Å². The quantitative estimate of drug-likeness (QED) is 0.425. The molecular formula is C19H44N4O2. The molecule has 3 atom stereocenters. The van der Waals surface area contributed by atoms with E-state index in [-0.39, 0.29) is 6.17 Å². The van der Waals surface area contributed by atoms with E-state index in [1.165, 1.54) is 0 Å². The topological polar surface area (TPSA) is 53.4 Å². The SMILES string of the molecule is CCC(N(CCCN(C)C)CCCN(C)C)N(CC(C)O)CC(C)O. The molecule has 6 nitrogen and oxygen atoms in total. The van der Waals surface area contributed by atoms with Gasteiger partial charge in [0.05, 0.1) is 18.4 Å². The molecule has 152 valence electrons. The predicted molar refractivity (Wildman–Crippen MR) is 107 cm³/mol. The standard InChI is InChI=1S/C19H44N4O2/c1-8-19(23(15-17(2)24)16-18(3)25)22(13-9-11-20(4)5)14-10-12-21(6)7/h17-19,24-25H,8-16H2,1-7H3. The number of aliphatic hydroxyl groups excluding tert-OH is 2. The molecule has 0 heterocycles. The normalized spacial score (nSPS) is 16.2. The second-order valence-corrected chi connectivity index (χ2v) is 7.89. The lowest BCUT2D eigenvalue weighted by Crippen LogP contribution is -2.53. The summed E-state index contributed by atoms with van der Waals surface area (Å²) in [6.07, 6.45) is 2.72. The molecular weight excluding hydrogens is 316 g/mol. The Morgan fingerprint density at radius 1 is 0.680 bits per heavy atom. The first-order valence-corrected chi connectivity index (χ1v) is 9.81. The Morgan fingerprint density at radius 2 is 1.08 bits per heavy atom. The Hall–Kier alpha value is -0.240. The van der Waals surface area contributed by atoms with Crippen LogP contribution in [-0.2, 0) is 0 Å². The van der Waals surface area contributed by atoms with Crippen molar-refractivity contribution >= 4 is 0 Å². The fraction of sp³-hybridized carbons (Fsp3) is 1.00. The van der Waals surface area contributed by atoms with Crippen LogP contribution in [0.1, 0.15) is 40.0 Å². The van der Waals surface area contributed by atoms with E-state index in [1.807, 2.05) is 13.8 Å². The molecule has 2 N–H and O–H groups in total. The second kappa shape index (κ2) is 13.9. The number of rotatable bonds is 15. The molecule has 0 aromatic heterocycles. The van der Waals surface area contributed by atoms with Crippen molar-refractivity contribution in [3.63, 3.8) is 0 Å². The van der Waals surface area contributed by atoms with Gasteiger partial charge in [-0.25, -0.2) is 0 Å². The number of hydrogen-bond donors (Lipinski definition) is 2. The third-order valence-electron chi connectivity index (χ3n) is 4.31. The Balaban J connectivity index is 5.02. The van der Waals surface area contributed by atoms with Crippen LogP contribution < -0.4 is 0 Å². The van der Waals surface area contributed by atoms with Gasteiger partial charge >= 0.3 is 0 Å². The van der Waals surface area contributed by atoms with Crippen LogP contribution >= 0.6 is 0 Å². The fourth-order valence-corrected chi connectivity index (χ4v) is 3.33. The minimum atomic E-state index is -0.391. The maximum Gasteiger partial charge on any atom is 0.0639 e. The van der Waals surface area contributed by atoms with E-state index in [9.17, 15) is 10.2 Å². The van der Waals surface area contributed by atoms with Crippen molar-refractivity contribution in [1.29, 1.82) is 0 Å². The zero-order chi connectivity index (χ0) is 19.4. The maximum absolute atomic E-state index is 9.90. The van der Waals surface area contributed by atoms with Gasteiger partial charge < -0.3 is 20.0 Å². The fourth-order valence-electron chi connectivity index (χ4n) is 3.33. The van der Waals surface area contributed by atoms with Crippen LogP contribution in [0.4, 0.5) is 0 Å². The van der Waals surface area contributed by atoms with Crippen LogP contribution in [0.3, 0.4) is 0 Å². The molecule has 0 radical (unpaired) electrons. The highest BCUT2D eigenvalue weighted by atomic mass is 16.3. The van der Waals surface area contributed by atoms with Crippen LogP contribution in [0.25, 0.3) is 0 Å². The van der Waals surface area contributed by atoms with Gasteiger partial charge in [0.2, 0.25) is 0 Å². The summed E-state index contributed by atoms with van der Waals surface area (Å²) in [7, 11) is 8.45. The largest absolute Gasteiger partial charge is 0.392 e. The van der Waals surface area contributed by atoms with Crippen LogP contribution in [-0.4, -0.2) is 116 Å². The summed E-state index contributed by atoms with van der Waals surface area (Å²) >= 11 is 0. The summed E-state index contributed by atoms with van der Waals surface area (Å²) < 4.78 is 0. The predicted octanol–water partition coefficient (Wildman–Crippen LogP) is 0.992. The third-order valence-corrected chi connectivity index (χ3v) is 4.31. The zero-order valence-electron chi connectivity index (χ0n) is 17.8. The van der Waals surface area contributed by atoms with Gasteiger partial charge in [0.25, 0.3) is 0 Å². The summed E-state index contributed by atoms with van der Waals surface area (Å²) in [5.41, 5.74) is 0. The van der Waals surface area contributed by atoms with Crippen LogP contribution in [0.2, 0.25) is 0 Å². The van der Waals surface area contributed by atoms with Crippen molar-refractivity contribution in [3.05, 3.63) is 0 Å². The van der Waals surface area contributed by atoms with E-state index < -0.39 is 12.2 Å². The van der Waals surface area contributed by atoms with Crippen molar-refractivity contribution in [3.8, 4) is 0 Å². The molecule has 0 aliphatic heterocycles. The lowest BCUT2D eigenvalue weighted by molar-refractivity contribution is -0.0137. The first kappa shape index (κ1) is 24.8. The molecule has 0 amide bonds. The molecule has 0 aliphatic rings. The number of aliphatic hydroxyl groups is 2. The van der Waals surface area contributed by atoms with Gasteiger partial charge in [0.15, 0.2) is 0 Å². The van der Waals surface area contributed by atoms with E-state index >= 15 is 0 Å². The Bertz CT molecular complexity index is 288. The molecule has 0 aromatic carbocycles. The van der Waals surface area contributed by atoms with Gasteiger partial charge in [-0.15, -0.1) is 0 Å². The van der Waals surface area contributed by atoms with Gasteiger partial charge in [-0.1, -0.05) is 6.92 Å². The van der Waals surface area contributed by atoms with E-state index in [0.29, 0.717) is 13.1 Å². The first-order chi connectivity index (χ1) is 11.7. The molecule has 0 aromatic rings. The molecule has 0 saturated heterocycles. The van der Waals surface area contributed by atoms with E-state index in [1.54, 1.807) is 0 Å². The number of nitrogens with zero attached hydrogens (tertiary/aromatic N) is 4. The minimum Gasteiger partial charge on any atom is -0.392 e. The average molecular weight is 361 g/mol. The smallest absolute Gasteiger partial charge is 0.0639 e. The highest BCUT2D eigenvalue weighted by Crippen LogP contribution is 2.14. The minimum absolute atomic E-state index is 0.258. The first-order valence-electron chi connectivity index (χ1n) is 9.81. The van der Waals surface area contributed by atoms with E-state index in [4.69, 9.17) is 0 Å². The molecule has 25 heavy (non-hydrogen) atoms. The zero-order valence-corrected chi connectivity index (χ0v) is 17.8. The molecule has 0 aliphatic carbocycles. The van der Waals surface area contributed by atoms with Crippen LogP contribution in [0.5, 0.6) is 0 Å². The van der Waals surface area contributed by atoms with Crippen LogP contribution in [0, 0.1) is 0 Å². The molecule has 0 saturated carbocycles. The maximum atomic E-state index is 9.90. The van der Waals surface area contributed by atoms with Crippen molar-refractivity contribution < 1.29 is 10.2 Å². The van der Waals surface area contributed by atoms with Crippen molar-refractivity contribution in [2.75, 3.05) is 67.5 Å². The van der Waals surface area contributed by atoms with E-state index in [0.717, 1.165) is 45.4 Å². The summed E-state index contributed by atoms with van der Waals surface area (Å²) in [6.45, 7) is 11.3. The summed E-state index contributed by atoms with van der Waals surface area (Å²) in [5.74, 6) is 0. The summed E-state index contributed by atoms with van der Waals surface area (Å²) in [5, 5.41) is 19.8. The highest BCUT2D eigenvalue weighted by molar-refractivity contribution is 4.76.